The Balaban J connectivity index is 2.91. The first-order chi connectivity index (χ1) is 6.94. The van der Waals surface area contributed by atoms with E-state index in [1.165, 1.54) is 24.3 Å². The minimum atomic E-state index is -0.497. The molecule has 0 atom stereocenters. The molecule has 0 N–H and O–H groups in total. The van der Waals surface area contributed by atoms with Gasteiger partial charge in [-0.3, -0.25) is 0 Å². The van der Waals surface area contributed by atoms with Gasteiger partial charge in [0.15, 0.2) is 0 Å². The van der Waals surface area contributed by atoms with Crippen molar-refractivity contribution in [3.05, 3.63) is 18.1 Å². The van der Waals surface area contributed by atoms with Gasteiger partial charge in [0.25, 0.3) is 0 Å². The van der Waals surface area contributed by atoms with Gasteiger partial charge in [-0.25, -0.2) is 14.8 Å². The molecule has 0 radical (unpaired) electrons. The third-order valence-electron chi connectivity index (χ3n) is 1.49. The molecule has 4 nitrogen and oxygen atoms in total. The van der Waals surface area contributed by atoms with Crippen molar-refractivity contribution in [1.29, 1.82) is 0 Å². The van der Waals surface area contributed by atoms with Crippen LogP contribution in [-0.4, -0.2) is 27.8 Å². The molecule has 0 aromatic carbocycles. The lowest BCUT2D eigenvalue weighted by Gasteiger charge is -2.19. The fraction of sp³-hybridized carbons (Fsp3) is 0.500. The monoisotopic (exact) mass is 226 g/mol. The lowest BCUT2D eigenvalue weighted by Crippen LogP contribution is -2.24. The van der Waals surface area contributed by atoms with E-state index in [1.807, 2.05) is 27.0 Å². The SMILES string of the molecule is CSc1ncncc1C(=O)OC(C)(C)C. The van der Waals surface area contributed by atoms with Crippen molar-refractivity contribution in [1.82, 2.24) is 9.97 Å². The van der Waals surface area contributed by atoms with Gasteiger partial charge in [0.05, 0.1) is 0 Å². The van der Waals surface area contributed by atoms with E-state index in [0.717, 1.165) is 0 Å². The summed E-state index contributed by atoms with van der Waals surface area (Å²) in [7, 11) is 0. The molecule has 1 aromatic heterocycles. The van der Waals surface area contributed by atoms with Gasteiger partial charge >= 0.3 is 5.97 Å². The van der Waals surface area contributed by atoms with Gasteiger partial charge in [-0.1, -0.05) is 0 Å². The number of carbonyl (C=O) groups excluding carboxylic acids is 1. The fourth-order valence-electron chi connectivity index (χ4n) is 0.954. The molecule has 0 spiro atoms. The second-order valence-corrected chi connectivity index (χ2v) is 4.74. The summed E-state index contributed by atoms with van der Waals surface area (Å²) in [6, 6.07) is 0. The van der Waals surface area contributed by atoms with Crippen molar-refractivity contribution >= 4 is 17.7 Å². The third kappa shape index (κ3) is 3.51. The van der Waals surface area contributed by atoms with Gasteiger partial charge in [0.2, 0.25) is 0 Å². The number of nitrogens with zero attached hydrogens (tertiary/aromatic N) is 2. The van der Waals surface area contributed by atoms with Crippen LogP contribution in [0.15, 0.2) is 17.6 Å². The zero-order valence-corrected chi connectivity index (χ0v) is 10.1. The van der Waals surface area contributed by atoms with E-state index in [2.05, 4.69) is 9.97 Å². The van der Waals surface area contributed by atoms with E-state index in [0.29, 0.717) is 10.6 Å². The zero-order chi connectivity index (χ0) is 11.5. The standard InChI is InChI=1S/C10H14N2O2S/c1-10(2,3)14-9(13)7-5-11-6-12-8(7)15-4/h5-6H,1-4H3. The van der Waals surface area contributed by atoms with E-state index in [1.54, 1.807) is 0 Å². The second-order valence-electron chi connectivity index (χ2n) is 3.95. The van der Waals surface area contributed by atoms with Gasteiger partial charge in [-0.15, -0.1) is 11.8 Å². The number of esters is 1. The summed E-state index contributed by atoms with van der Waals surface area (Å²) in [6.45, 7) is 5.48. The van der Waals surface area contributed by atoms with Crippen LogP contribution in [0, 0.1) is 0 Å². The molecule has 0 unspecified atom stereocenters. The lowest BCUT2D eigenvalue weighted by molar-refractivity contribution is 0.00641. The Morgan fingerprint density at radius 3 is 2.67 bits per heavy atom. The maximum atomic E-state index is 11.7. The van der Waals surface area contributed by atoms with Crippen LogP contribution in [0.4, 0.5) is 0 Å². The smallest absolute Gasteiger partial charge is 0.343 e. The molecule has 82 valence electrons. The van der Waals surface area contributed by atoms with E-state index >= 15 is 0 Å². The van der Waals surface area contributed by atoms with Crippen LogP contribution in [0.2, 0.25) is 0 Å². The molecule has 1 aromatic rings. The number of carbonyl (C=O) groups is 1. The highest BCUT2D eigenvalue weighted by atomic mass is 32.2. The van der Waals surface area contributed by atoms with Gasteiger partial charge < -0.3 is 4.74 Å². The molecule has 5 heteroatoms. The highest BCUT2D eigenvalue weighted by Gasteiger charge is 2.20. The molecular formula is C10H14N2O2S. The van der Waals surface area contributed by atoms with Crippen molar-refractivity contribution in [2.45, 2.75) is 31.4 Å². The molecular weight excluding hydrogens is 212 g/mol. The van der Waals surface area contributed by atoms with Crippen LogP contribution in [0.3, 0.4) is 0 Å². The maximum absolute atomic E-state index is 11.7. The summed E-state index contributed by atoms with van der Waals surface area (Å²) in [5.74, 6) is -0.382. The summed E-state index contributed by atoms with van der Waals surface area (Å²) in [4.78, 5) is 19.5. The Hall–Kier alpha value is -1.10. The third-order valence-corrected chi connectivity index (χ3v) is 2.20. The molecule has 0 aliphatic heterocycles. The Kier molecular flexibility index (Phi) is 3.68. The van der Waals surface area contributed by atoms with E-state index in [4.69, 9.17) is 4.74 Å². The zero-order valence-electron chi connectivity index (χ0n) is 9.27. The van der Waals surface area contributed by atoms with Crippen molar-refractivity contribution < 1.29 is 9.53 Å². The van der Waals surface area contributed by atoms with Crippen molar-refractivity contribution in [2.75, 3.05) is 6.26 Å². The minimum absolute atomic E-state index is 0.382. The molecule has 0 bridgehead atoms. The predicted octanol–water partition coefficient (Wildman–Crippen LogP) is 2.15. The van der Waals surface area contributed by atoms with Crippen LogP contribution >= 0.6 is 11.8 Å². The van der Waals surface area contributed by atoms with Crippen LogP contribution in [-0.2, 0) is 4.74 Å². The maximum Gasteiger partial charge on any atom is 0.343 e. The molecule has 1 rings (SSSR count). The molecule has 0 saturated carbocycles. The van der Waals surface area contributed by atoms with Gasteiger partial charge in [0, 0.05) is 6.20 Å². The molecule has 15 heavy (non-hydrogen) atoms. The summed E-state index contributed by atoms with van der Waals surface area (Å²) in [6.07, 6.45) is 4.75. The molecule has 0 saturated heterocycles. The van der Waals surface area contributed by atoms with E-state index < -0.39 is 5.60 Å². The first-order valence-corrected chi connectivity index (χ1v) is 5.74. The predicted molar refractivity (Wildman–Crippen MR) is 59.0 cm³/mol. The van der Waals surface area contributed by atoms with Crippen molar-refractivity contribution in [3.8, 4) is 0 Å². The van der Waals surface area contributed by atoms with E-state index in [9.17, 15) is 4.79 Å². The summed E-state index contributed by atoms with van der Waals surface area (Å²) < 4.78 is 5.23. The van der Waals surface area contributed by atoms with Gasteiger partial charge in [0.1, 0.15) is 22.5 Å². The normalized spacial score (nSPS) is 11.2. The second kappa shape index (κ2) is 4.61. The average molecular weight is 226 g/mol. The fourth-order valence-corrected chi connectivity index (χ4v) is 1.46. The average Bonchev–Trinajstić information content (AvgIpc) is 2.15. The number of hydrogen-bond donors (Lipinski definition) is 0. The Bertz CT molecular complexity index is 361. The largest absolute Gasteiger partial charge is 0.456 e. The minimum Gasteiger partial charge on any atom is -0.456 e. The number of rotatable bonds is 2. The highest BCUT2D eigenvalue weighted by Crippen LogP contribution is 2.19. The number of ether oxygens (including phenoxy) is 1. The Morgan fingerprint density at radius 2 is 2.13 bits per heavy atom. The first-order valence-electron chi connectivity index (χ1n) is 4.51. The quantitative estimate of drug-likeness (QED) is 0.439. The first kappa shape index (κ1) is 12.0. The van der Waals surface area contributed by atoms with Gasteiger partial charge in [-0.05, 0) is 27.0 Å². The summed E-state index contributed by atoms with van der Waals surface area (Å²) in [5.41, 5.74) is -0.0808. The molecule has 0 aliphatic rings. The van der Waals surface area contributed by atoms with Crippen molar-refractivity contribution in [2.24, 2.45) is 0 Å². The van der Waals surface area contributed by atoms with E-state index in [-0.39, 0.29) is 5.97 Å². The Labute approximate surface area is 93.5 Å². The molecule has 1 heterocycles. The summed E-state index contributed by atoms with van der Waals surface area (Å²) in [5, 5.41) is 0.638. The number of aromatic nitrogens is 2. The van der Waals surface area contributed by atoms with Gasteiger partial charge in [-0.2, -0.15) is 0 Å². The van der Waals surface area contributed by atoms with Crippen molar-refractivity contribution in [3.63, 3.8) is 0 Å². The Morgan fingerprint density at radius 1 is 1.47 bits per heavy atom. The van der Waals surface area contributed by atoms with Crippen LogP contribution in [0.25, 0.3) is 0 Å². The molecule has 0 amide bonds. The molecule has 0 aliphatic carbocycles. The summed E-state index contributed by atoms with van der Waals surface area (Å²) >= 11 is 1.40. The molecule has 0 fully saturated rings. The van der Waals surface area contributed by atoms with Crippen LogP contribution < -0.4 is 0 Å². The topological polar surface area (TPSA) is 52.1 Å². The van der Waals surface area contributed by atoms with Crippen LogP contribution in [0.5, 0.6) is 0 Å². The van der Waals surface area contributed by atoms with Crippen LogP contribution in [0.1, 0.15) is 31.1 Å². The highest BCUT2D eigenvalue weighted by molar-refractivity contribution is 7.98. The lowest BCUT2D eigenvalue weighted by atomic mass is 10.2. The number of hydrogen-bond acceptors (Lipinski definition) is 5. The number of thioether (sulfide) groups is 1.